The zero-order valence-electron chi connectivity index (χ0n) is 8.67. The zero-order valence-corrected chi connectivity index (χ0v) is 8.67. The van der Waals surface area contributed by atoms with Gasteiger partial charge in [0, 0.05) is 31.5 Å². The minimum atomic E-state index is -1.07. The normalized spacial score (nSPS) is 23.9. The summed E-state index contributed by atoms with van der Waals surface area (Å²) in [6.07, 6.45) is 1.14. The molecular formula is C10H18N2O. The maximum absolute atomic E-state index is 9.68. The molecule has 0 saturated carbocycles. The highest BCUT2D eigenvalue weighted by molar-refractivity contribution is 5.04. The fourth-order valence-electron chi connectivity index (χ4n) is 1.66. The number of piperidine rings is 1. The quantitative estimate of drug-likeness (QED) is 0.571. The van der Waals surface area contributed by atoms with Crippen LogP contribution in [0.1, 0.15) is 33.6 Å². The first-order valence-electron chi connectivity index (χ1n) is 4.76. The smallest absolute Gasteiger partial charge is 0.153 e. The van der Waals surface area contributed by atoms with Gasteiger partial charge < -0.3 is 5.11 Å². The van der Waals surface area contributed by atoms with E-state index in [2.05, 4.69) is 25.7 Å². The molecule has 0 aromatic heterocycles. The van der Waals surface area contributed by atoms with E-state index in [4.69, 9.17) is 5.26 Å². The van der Waals surface area contributed by atoms with Crippen LogP contribution in [0.2, 0.25) is 0 Å². The summed E-state index contributed by atoms with van der Waals surface area (Å²) in [5.74, 6) is 0. The lowest BCUT2D eigenvalue weighted by molar-refractivity contribution is -0.00392. The summed E-state index contributed by atoms with van der Waals surface area (Å²) >= 11 is 0. The van der Waals surface area contributed by atoms with Crippen LogP contribution in [0, 0.1) is 11.3 Å². The standard InChI is InChI=1S/C10H18N2O/c1-9(2,3)12-6-4-10(13,8-11)5-7-12/h13H,4-7H2,1-3H3. The lowest BCUT2D eigenvalue weighted by Gasteiger charge is -2.41. The molecule has 0 amide bonds. The van der Waals surface area contributed by atoms with Gasteiger partial charge in [0.05, 0.1) is 6.07 Å². The molecule has 0 aromatic rings. The minimum Gasteiger partial charge on any atom is -0.375 e. The molecular weight excluding hydrogens is 164 g/mol. The Kier molecular flexibility index (Phi) is 2.65. The second-order valence-electron chi connectivity index (χ2n) is 4.80. The van der Waals surface area contributed by atoms with Crippen molar-refractivity contribution in [3.05, 3.63) is 0 Å². The second kappa shape index (κ2) is 3.28. The molecule has 1 aliphatic rings. The third-order valence-corrected chi connectivity index (χ3v) is 2.75. The Morgan fingerprint density at radius 2 is 1.77 bits per heavy atom. The van der Waals surface area contributed by atoms with Crippen molar-refractivity contribution in [3.63, 3.8) is 0 Å². The van der Waals surface area contributed by atoms with Crippen LogP contribution in [0.4, 0.5) is 0 Å². The molecule has 0 unspecified atom stereocenters. The Balaban J connectivity index is 2.54. The number of nitriles is 1. The maximum atomic E-state index is 9.68. The predicted octanol–water partition coefficient (Wildman–Crippen LogP) is 1.14. The summed E-state index contributed by atoms with van der Waals surface area (Å²) in [4.78, 5) is 2.30. The molecule has 0 aliphatic carbocycles. The highest BCUT2D eigenvalue weighted by Crippen LogP contribution is 2.25. The molecule has 0 aromatic carbocycles. The van der Waals surface area contributed by atoms with Crippen molar-refractivity contribution in [2.45, 2.75) is 44.8 Å². The van der Waals surface area contributed by atoms with Gasteiger partial charge in [0.2, 0.25) is 0 Å². The predicted molar refractivity (Wildman–Crippen MR) is 51.1 cm³/mol. The Morgan fingerprint density at radius 1 is 1.31 bits per heavy atom. The largest absolute Gasteiger partial charge is 0.375 e. The van der Waals surface area contributed by atoms with Crippen LogP contribution in [-0.2, 0) is 0 Å². The van der Waals surface area contributed by atoms with Crippen LogP contribution in [-0.4, -0.2) is 34.2 Å². The van der Waals surface area contributed by atoms with E-state index in [0.29, 0.717) is 12.8 Å². The second-order valence-corrected chi connectivity index (χ2v) is 4.80. The van der Waals surface area contributed by atoms with Crippen molar-refractivity contribution < 1.29 is 5.11 Å². The van der Waals surface area contributed by atoms with Crippen molar-refractivity contribution in [1.82, 2.24) is 4.90 Å². The highest BCUT2D eigenvalue weighted by atomic mass is 16.3. The molecule has 1 fully saturated rings. The van der Waals surface area contributed by atoms with E-state index >= 15 is 0 Å². The van der Waals surface area contributed by atoms with Crippen molar-refractivity contribution in [3.8, 4) is 6.07 Å². The molecule has 1 saturated heterocycles. The molecule has 0 bridgehead atoms. The Bertz CT molecular complexity index is 216. The van der Waals surface area contributed by atoms with Gasteiger partial charge >= 0.3 is 0 Å². The van der Waals surface area contributed by atoms with Crippen molar-refractivity contribution >= 4 is 0 Å². The van der Waals surface area contributed by atoms with E-state index in [1.165, 1.54) is 0 Å². The molecule has 13 heavy (non-hydrogen) atoms. The van der Waals surface area contributed by atoms with E-state index < -0.39 is 5.60 Å². The SMILES string of the molecule is CC(C)(C)N1CCC(O)(C#N)CC1. The monoisotopic (exact) mass is 182 g/mol. The summed E-state index contributed by atoms with van der Waals surface area (Å²) in [7, 11) is 0. The van der Waals surface area contributed by atoms with E-state index in [9.17, 15) is 5.11 Å². The molecule has 0 spiro atoms. The summed E-state index contributed by atoms with van der Waals surface area (Å²) in [6, 6.07) is 1.98. The fraction of sp³-hybridized carbons (Fsp3) is 0.900. The van der Waals surface area contributed by atoms with Crippen molar-refractivity contribution in [2.24, 2.45) is 0 Å². The molecule has 1 rings (SSSR count). The number of rotatable bonds is 0. The van der Waals surface area contributed by atoms with E-state index in [0.717, 1.165) is 13.1 Å². The van der Waals surface area contributed by atoms with Crippen LogP contribution in [0.3, 0.4) is 0 Å². The summed E-state index contributed by atoms with van der Waals surface area (Å²) in [5.41, 5.74) is -0.918. The van der Waals surface area contributed by atoms with Crippen LogP contribution in [0.25, 0.3) is 0 Å². The maximum Gasteiger partial charge on any atom is 0.153 e. The van der Waals surface area contributed by atoms with Gasteiger partial charge in [-0.1, -0.05) is 0 Å². The van der Waals surface area contributed by atoms with E-state index in [1.54, 1.807) is 0 Å². The van der Waals surface area contributed by atoms with Crippen molar-refractivity contribution in [1.29, 1.82) is 5.26 Å². The highest BCUT2D eigenvalue weighted by Gasteiger charge is 2.35. The summed E-state index contributed by atoms with van der Waals surface area (Å²) in [6.45, 7) is 8.10. The van der Waals surface area contributed by atoms with Gasteiger partial charge in [-0.2, -0.15) is 5.26 Å². The lowest BCUT2D eigenvalue weighted by atomic mass is 9.90. The fourth-order valence-corrected chi connectivity index (χ4v) is 1.66. The molecule has 3 heteroatoms. The average Bonchev–Trinajstić information content (AvgIpc) is 2.04. The van der Waals surface area contributed by atoms with Gasteiger partial charge in [0.25, 0.3) is 0 Å². The van der Waals surface area contributed by atoms with Crippen LogP contribution >= 0.6 is 0 Å². The molecule has 3 nitrogen and oxygen atoms in total. The first-order chi connectivity index (χ1) is 5.87. The Labute approximate surface area is 80.0 Å². The summed E-state index contributed by atoms with van der Waals surface area (Å²) < 4.78 is 0. The Hall–Kier alpha value is -0.590. The van der Waals surface area contributed by atoms with Crippen LogP contribution in [0.15, 0.2) is 0 Å². The van der Waals surface area contributed by atoms with Gasteiger partial charge in [-0.3, -0.25) is 4.90 Å². The first kappa shape index (κ1) is 10.5. The van der Waals surface area contributed by atoms with Gasteiger partial charge in [-0.25, -0.2) is 0 Å². The molecule has 0 radical (unpaired) electrons. The average molecular weight is 182 g/mol. The number of hydrogen-bond donors (Lipinski definition) is 1. The lowest BCUT2D eigenvalue weighted by Crippen LogP contribution is -2.50. The van der Waals surface area contributed by atoms with Crippen LogP contribution in [0.5, 0.6) is 0 Å². The van der Waals surface area contributed by atoms with Gasteiger partial charge in [0.15, 0.2) is 5.60 Å². The summed E-state index contributed by atoms with van der Waals surface area (Å²) in [5, 5.41) is 18.4. The topological polar surface area (TPSA) is 47.3 Å². The number of likely N-dealkylation sites (tertiary alicyclic amines) is 1. The zero-order chi connectivity index (χ0) is 10.1. The van der Waals surface area contributed by atoms with Gasteiger partial charge in [-0.15, -0.1) is 0 Å². The first-order valence-corrected chi connectivity index (χ1v) is 4.76. The molecule has 74 valence electrons. The third kappa shape index (κ3) is 2.43. The molecule has 0 atom stereocenters. The van der Waals surface area contributed by atoms with Crippen molar-refractivity contribution in [2.75, 3.05) is 13.1 Å². The number of aliphatic hydroxyl groups is 1. The molecule has 1 N–H and O–H groups in total. The Morgan fingerprint density at radius 3 is 2.08 bits per heavy atom. The number of hydrogen-bond acceptors (Lipinski definition) is 3. The van der Waals surface area contributed by atoms with Gasteiger partial charge in [0.1, 0.15) is 0 Å². The van der Waals surface area contributed by atoms with E-state index in [-0.39, 0.29) is 5.54 Å². The number of nitrogens with zero attached hydrogens (tertiary/aromatic N) is 2. The molecule has 1 heterocycles. The molecule has 1 aliphatic heterocycles. The third-order valence-electron chi connectivity index (χ3n) is 2.75. The minimum absolute atomic E-state index is 0.150. The van der Waals surface area contributed by atoms with E-state index in [1.807, 2.05) is 6.07 Å². The van der Waals surface area contributed by atoms with Gasteiger partial charge in [-0.05, 0) is 20.8 Å². The van der Waals surface area contributed by atoms with Crippen LogP contribution < -0.4 is 0 Å².